The second kappa shape index (κ2) is 2.69. The first-order valence-electron chi connectivity index (χ1n) is 4.06. The van der Waals surface area contributed by atoms with Crippen LogP contribution in [0.2, 0.25) is 0 Å². The lowest BCUT2D eigenvalue weighted by Crippen LogP contribution is -1.92. The minimum Gasteiger partial charge on any atom is -0.356 e. The fraction of sp³-hybridized carbons (Fsp3) is 0.200. The maximum atomic E-state index is 11.2. The Balaban J connectivity index is 2.88. The van der Waals surface area contributed by atoms with Crippen molar-refractivity contribution in [1.82, 2.24) is 5.16 Å². The number of aryl methyl sites for hydroxylation is 1. The molecule has 0 aliphatic rings. The van der Waals surface area contributed by atoms with Crippen molar-refractivity contribution in [2.24, 2.45) is 0 Å². The Morgan fingerprint density at radius 2 is 2.23 bits per heavy atom. The molecule has 0 atom stereocenters. The summed E-state index contributed by atoms with van der Waals surface area (Å²) in [7, 11) is 0. The quantitative estimate of drug-likeness (QED) is 0.625. The van der Waals surface area contributed by atoms with Crippen LogP contribution in [-0.2, 0) is 0 Å². The third kappa shape index (κ3) is 1.13. The SMILES string of the molecule is CC(=O)c1cccc2onc(C)c12. The zero-order chi connectivity index (χ0) is 9.42. The van der Waals surface area contributed by atoms with Gasteiger partial charge in [-0.2, -0.15) is 0 Å². The van der Waals surface area contributed by atoms with Crippen molar-refractivity contribution < 1.29 is 9.32 Å². The van der Waals surface area contributed by atoms with Gasteiger partial charge < -0.3 is 4.52 Å². The molecule has 0 N–H and O–H groups in total. The Labute approximate surface area is 75.3 Å². The summed E-state index contributed by atoms with van der Waals surface area (Å²) in [6.45, 7) is 3.37. The number of hydrogen-bond donors (Lipinski definition) is 0. The van der Waals surface area contributed by atoms with E-state index in [-0.39, 0.29) is 5.78 Å². The molecule has 2 aromatic rings. The molecule has 0 fully saturated rings. The van der Waals surface area contributed by atoms with Crippen LogP contribution in [0.15, 0.2) is 22.7 Å². The molecule has 0 spiro atoms. The first kappa shape index (κ1) is 7.98. The van der Waals surface area contributed by atoms with Gasteiger partial charge in [0.25, 0.3) is 0 Å². The number of rotatable bonds is 1. The van der Waals surface area contributed by atoms with Crippen molar-refractivity contribution in [1.29, 1.82) is 0 Å². The van der Waals surface area contributed by atoms with E-state index in [2.05, 4.69) is 5.16 Å². The molecule has 0 unspecified atom stereocenters. The highest BCUT2D eigenvalue weighted by molar-refractivity contribution is 6.06. The van der Waals surface area contributed by atoms with Gasteiger partial charge in [-0.05, 0) is 19.9 Å². The molecule has 1 heterocycles. The van der Waals surface area contributed by atoms with Gasteiger partial charge in [-0.1, -0.05) is 17.3 Å². The highest BCUT2D eigenvalue weighted by Crippen LogP contribution is 2.22. The van der Waals surface area contributed by atoms with E-state index in [4.69, 9.17) is 4.52 Å². The second-order valence-corrected chi connectivity index (χ2v) is 3.00. The highest BCUT2D eigenvalue weighted by atomic mass is 16.5. The second-order valence-electron chi connectivity index (χ2n) is 3.00. The zero-order valence-corrected chi connectivity index (χ0v) is 7.50. The number of carbonyl (C=O) groups is 1. The third-order valence-corrected chi connectivity index (χ3v) is 2.05. The van der Waals surface area contributed by atoms with Crippen molar-refractivity contribution in [3.05, 3.63) is 29.5 Å². The van der Waals surface area contributed by atoms with E-state index < -0.39 is 0 Å². The molecular formula is C10H9NO2. The number of ketones is 1. The molecule has 0 bridgehead atoms. The summed E-state index contributed by atoms with van der Waals surface area (Å²) in [6.07, 6.45) is 0. The number of aromatic nitrogens is 1. The molecular weight excluding hydrogens is 166 g/mol. The van der Waals surface area contributed by atoms with Crippen molar-refractivity contribution in [3.8, 4) is 0 Å². The van der Waals surface area contributed by atoms with E-state index in [1.165, 1.54) is 0 Å². The summed E-state index contributed by atoms with van der Waals surface area (Å²) in [6, 6.07) is 5.39. The summed E-state index contributed by atoms with van der Waals surface area (Å²) in [5.74, 6) is 0.0388. The average molecular weight is 175 g/mol. The Bertz CT molecular complexity index is 471. The Kier molecular flexibility index (Phi) is 1.65. The van der Waals surface area contributed by atoms with Crippen LogP contribution in [0.1, 0.15) is 23.0 Å². The van der Waals surface area contributed by atoms with E-state index >= 15 is 0 Å². The predicted octanol–water partition coefficient (Wildman–Crippen LogP) is 2.34. The van der Waals surface area contributed by atoms with Crippen LogP contribution in [0.25, 0.3) is 11.0 Å². The minimum atomic E-state index is 0.0388. The third-order valence-electron chi connectivity index (χ3n) is 2.05. The molecule has 66 valence electrons. The van der Waals surface area contributed by atoms with E-state index in [0.717, 1.165) is 11.1 Å². The fourth-order valence-corrected chi connectivity index (χ4v) is 1.44. The van der Waals surface area contributed by atoms with Gasteiger partial charge in [0.1, 0.15) is 0 Å². The molecule has 1 aromatic carbocycles. The normalized spacial score (nSPS) is 10.6. The number of carbonyl (C=O) groups excluding carboxylic acids is 1. The molecule has 0 aliphatic heterocycles. The lowest BCUT2D eigenvalue weighted by molar-refractivity contribution is 0.101. The standard InChI is InChI=1S/C10H9NO2/c1-6-10-8(7(2)12)4-3-5-9(10)13-11-6/h3-5H,1-2H3. The molecule has 2 rings (SSSR count). The van der Waals surface area contributed by atoms with Gasteiger partial charge in [0.05, 0.1) is 11.1 Å². The lowest BCUT2D eigenvalue weighted by atomic mass is 10.1. The van der Waals surface area contributed by atoms with Gasteiger partial charge in [-0.3, -0.25) is 4.79 Å². The maximum Gasteiger partial charge on any atom is 0.167 e. The highest BCUT2D eigenvalue weighted by Gasteiger charge is 2.11. The molecule has 0 saturated carbocycles. The Hall–Kier alpha value is -1.64. The number of Topliss-reactive ketones (excluding diaryl/α,β-unsaturated/α-hetero) is 1. The number of nitrogens with zero attached hydrogens (tertiary/aromatic N) is 1. The van der Waals surface area contributed by atoms with Crippen molar-refractivity contribution in [2.45, 2.75) is 13.8 Å². The van der Waals surface area contributed by atoms with Gasteiger partial charge in [0.15, 0.2) is 11.4 Å². The fourth-order valence-electron chi connectivity index (χ4n) is 1.44. The number of hydrogen-bond acceptors (Lipinski definition) is 3. The summed E-state index contributed by atoms with van der Waals surface area (Å²) in [5.41, 5.74) is 2.11. The van der Waals surface area contributed by atoms with Crippen LogP contribution in [0.4, 0.5) is 0 Å². The molecule has 0 aliphatic carbocycles. The van der Waals surface area contributed by atoms with Crippen molar-refractivity contribution >= 4 is 16.8 Å². The lowest BCUT2D eigenvalue weighted by Gasteiger charge is -1.95. The van der Waals surface area contributed by atoms with Gasteiger partial charge >= 0.3 is 0 Å². The van der Waals surface area contributed by atoms with Crippen LogP contribution >= 0.6 is 0 Å². The monoisotopic (exact) mass is 175 g/mol. The van der Waals surface area contributed by atoms with Gasteiger partial charge in [0, 0.05) is 5.56 Å². The molecule has 0 amide bonds. The molecule has 1 aromatic heterocycles. The zero-order valence-electron chi connectivity index (χ0n) is 7.50. The predicted molar refractivity (Wildman–Crippen MR) is 48.8 cm³/mol. The van der Waals surface area contributed by atoms with Crippen LogP contribution in [-0.4, -0.2) is 10.9 Å². The van der Waals surface area contributed by atoms with Gasteiger partial charge in [0.2, 0.25) is 0 Å². The maximum absolute atomic E-state index is 11.2. The molecule has 0 radical (unpaired) electrons. The number of fused-ring (bicyclic) bond motifs is 1. The summed E-state index contributed by atoms with van der Waals surface area (Å²) < 4.78 is 5.04. The smallest absolute Gasteiger partial charge is 0.167 e. The van der Waals surface area contributed by atoms with Crippen LogP contribution in [0, 0.1) is 6.92 Å². The summed E-state index contributed by atoms with van der Waals surface area (Å²) in [4.78, 5) is 11.2. The topological polar surface area (TPSA) is 43.1 Å². The largest absolute Gasteiger partial charge is 0.356 e. The molecule has 0 saturated heterocycles. The number of benzene rings is 1. The average Bonchev–Trinajstić information content (AvgIpc) is 2.48. The summed E-state index contributed by atoms with van der Waals surface area (Å²) in [5, 5.41) is 4.64. The van der Waals surface area contributed by atoms with E-state index in [1.54, 1.807) is 19.1 Å². The Morgan fingerprint density at radius 3 is 2.92 bits per heavy atom. The minimum absolute atomic E-state index is 0.0388. The van der Waals surface area contributed by atoms with E-state index in [9.17, 15) is 4.79 Å². The van der Waals surface area contributed by atoms with Crippen molar-refractivity contribution in [3.63, 3.8) is 0 Å². The first-order chi connectivity index (χ1) is 6.20. The van der Waals surface area contributed by atoms with E-state index in [1.807, 2.05) is 13.0 Å². The van der Waals surface area contributed by atoms with E-state index in [0.29, 0.717) is 11.1 Å². The van der Waals surface area contributed by atoms with Crippen LogP contribution in [0.5, 0.6) is 0 Å². The van der Waals surface area contributed by atoms with Gasteiger partial charge in [-0.15, -0.1) is 0 Å². The molecule has 3 heteroatoms. The van der Waals surface area contributed by atoms with Crippen molar-refractivity contribution in [2.75, 3.05) is 0 Å². The Morgan fingerprint density at radius 1 is 1.46 bits per heavy atom. The molecule has 13 heavy (non-hydrogen) atoms. The first-order valence-corrected chi connectivity index (χ1v) is 4.06. The summed E-state index contributed by atoms with van der Waals surface area (Å²) >= 11 is 0. The van der Waals surface area contributed by atoms with Crippen LogP contribution < -0.4 is 0 Å². The van der Waals surface area contributed by atoms with Gasteiger partial charge in [-0.25, -0.2) is 0 Å². The van der Waals surface area contributed by atoms with Crippen LogP contribution in [0.3, 0.4) is 0 Å². The molecule has 3 nitrogen and oxygen atoms in total.